The van der Waals surface area contributed by atoms with E-state index in [9.17, 15) is 13.6 Å². The monoisotopic (exact) mass is 241 g/mol. The van der Waals surface area contributed by atoms with Gasteiger partial charge in [0.2, 0.25) is 0 Å². The third kappa shape index (κ3) is 2.01. The average Bonchev–Trinajstić information content (AvgIpc) is 2.83. The SMILES string of the molecule is Cc1cnn(C(=O)c2cc(N)nn2C(F)F)c1. The van der Waals surface area contributed by atoms with Gasteiger partial charge in [0.25, 0.3) is 5.91 Å². The smallest absolute Gasteiger partial charge is 0.334 e. The molecule has 0 radical (unpaired) electrons. The molecule has 0 bridgehead atoms. The quantitative estimate of drug-likeness (QED) is 0.852. The zero-order valence-corrected chi connectivity index (χ0v) is 8.84. The van der Waals surface area contributed by atoms with Crippen molar-refractivity contribution >= 4 is 11.7 Å². The predicted molar refractivity (Wildman–Crippen MR) is 54.6 cm³/mol. The Kier molecular flexibility index (Phi) is 2.62. The second-order valence-corrected chi connectivity index (χ2v) is 3.44. The van der Waals surface area contributed by atoms with Crippen molar-refractivity contribution in [1.29, 1.82) is 0 Å². The lowest BCUT2D eigenvalue weighted by Gasteiger charge is -2.04. The Morgan fingerprint density at radius 2 is 2.24 bits per heavy atom. The molecule has 2 aromatic rings. The summed E-state index contributed by atoms with van der Waals surface area (Å²) in [6.07, 6.45) is 2.88. The maximum absolute atomic E-state index is 12.6. The van der Waals surface area contributed by atoms with Crippen molar-refractivity contribution in [3.63, 3.8) is 0 Å². The molecule has 0 amide bonds. The standard InChI is InChI=1S/C9H9F2N5O/c1-5-3-13-15(4-5)8(17)6-2-7(12)14-16(6)9(10)11/h2-4,9H,1H3,(H2,12,14). The molecule has 0 unspecified atom stereocenters. The van der Waals surface area contributed by atoms with E-state index in [2.05, 4.69) is 10.2 Å². The van der Waals surface area contributed by atoms with Crippen LogP contribution in [0.3, 0.4) is 0 Å². The Balaban J connectivity index is 2.43. The molecule has 0 aliphatic carbocycles. The third-order valence-corrected chi connectivity index (χ3v) is 2.08. The number of carbonyl (C=O) groups is 1. The van der Waals surface area contributed by atoms with Gasteiger partial charge in [-0.3, -0.25) is 4.79 Å². The minimum Gasteiger partial charge on any atom is -0.382 e. The summed E-state index contributed by atoms with van der Waals surface area (Å²) in [4.78, 5) is 11.8. The molecule has 0 aromatic carbocycles. The van der Waals surface area contributed by atoms with Crippen molar-refractivity contribution in [3.05, 3.63) is 29.7 Å². The van der Waals surface area contributed by atoms with Crippen LogP contribution in [-0.4, -0.2) is 25.5 Å². The van der Waals surface area contributed by atoms with E-state index in [1.165, 1.54) is 12.4 Å². The highest BCUT2D eigenvalue weighted by molar-refractivity contribution is 5.94. The lowest BCUT2D eigenvalue weighted by atomic mass is 10.4. The second-order valence-electron chi connectivity index (χ2n) is 3.44. The molecule has 0 atom stereocenters. The highest BCUT2D eigenvalue weighted by atomic mass is 19.3. The summed E-state index contributed by atoms with van der Waals surface area (Å²) < 4.78 is 26.4. The van der Waals surface area contributed by atoms with E-state index in [1.807, 2.05) is 0 Å². The number of alkyl halides is 2. The highest BCUT2D eigenvalue weighted by Crippen LogP contribution is 2.16. The average molecular weight is 241 g/mol. The first-order chi connectivity index (χ1) is 7.99. The summed E-state index contributed by atoms with van der Waals surface area (Å²) >= 11 is 0. The van der Waals surface area contributed by atoms with E-state index in [0.29, 0.717) is 0 Å². The second kappa shape index (κ2) is 3.96. The molecule has 17 heavy (non-hydrogen) atoms. The van der Waals surface area contributed by atoms with Gasteiger partial charge in [0, 0.05) is 12.3 Å². The molecule has 8 heteroatoms. The van der Waals surface area contributed by atoms with E-state index in [4.69, 9.17) is 5.73 Å². The van der Waals surface area contributed by atoms with Crippen LogP contribution in [0.25, 0.3) is 0 Å². The summed E-state index contributed by atoms with van der Waals surface area (Å²) in [5, 5.41) is 7.09. The molecule has 2 rings (SSSR count). The zero-order chi connectivity index (χ0) is 12.6. The molecule has 2 N–H and O–H groups in total. The molecule has 0 aliphatic heterocycles. The molecule has 2 aromatic heterocycles. The van der Waals surface area contributed by atoms with Crippen molar-refractivity contribution in [2.24, 2.45) is 0 Å². The van der Waals surface area contributed by atoms with Crippen molar-refractivity contribution in [3.8, 4) is 0 Å². The van der Waals surface area contributed by atoms with Crippen LogP contribution in [0.2, 0.25) is 0 Å². The fourth-order valence-corrected chi connectivity index (χ4v) is 1.36. The van der Waals surface area contributed by atoms with Gasteiger partial charge < -0.3 is 5.73 Å². The van der Waals surface area contributed by atoms with Gasteiger partial charge >= 0.3 is 6.55 Å². The number of nitrogen functional groups attached to an aromatic ring is 1. The van der Waals surface area contributed by atoms with E-state index in [-0.39, 0.29) is 16.2 Å². The Morgan fingerprint density at radius 1 is 1.53 bits per heavy atom. The molecule has 0 spiro atoms. The summed E-state index contributed by atoms with van der Waals surface area (Å²) in [5.74, 6) is -0.847. The largest absolute Gasteiger partial charge is 0.382 e. The molecule has 90 valence electrons. The Hall–Kier alpha value is -2.25. The van der Waals surface area contributed by atoms with Crippen molar-refractivity contribution in [2.45, 2.75) is 13.5 Å². The highest BCUT2D eigenvalue weighted by Gasteiger charge is 2.21. The first kappa shape index (κ1) is 11.2. The van der Waals surface area contributed by atoms with Gasteiger partial charge in [-0.25, -0.2) is 4.68 Å². The molecule has 0 fully saturated rings. The maximum atomic E-state index is 12.6. The van der Waals surface area contributed by atoms with Gasteiger partial charge in [-0.15, -0.1) is 5.10 Å². The van der Waals surface area contributed by atoms with Crippen molar-refractivity contribution in [2.75, 3.05) is 5.73 Å². The first-order valence-corrected chi connectivity index (χ1v) is 4.68. The fraction of sp³-hybridized carbons (Fsp3) is 0.222. The van der Waals surface area contributed by atoms with Crippen molar-refractivity contribution in [1.82, 2.24) is 19.6 Å². The summed E-state index contributed by atoms with van der Waals surface area (Å²) in [6.45, 7) is -1.20. The maximum Gasteiger partial charge on any atom is 0.334 e. The minimum absolute atomic E-state index is 0.141. The van der Waals surface area contributed by atoms with E-state index >= 15 is 0 Å². The number of anilines is 1. The third-order valence-electron chi connectivity index (χ3n) is 2.08. The van der Waals surface area contributed by atoms with Crippen LogP contribution in [0.15, 0.2) is 18.5 Å². The minimum atomic E-state index is -2.93. The number of hydrogen-bond acceptors (Lipinski definition) is 4. The molecular weight excluding hydrogens is 232 g/mol. The number of aromatic nitrogens is 4. The Bertz CT molecular complexity index is 559. The van der Waals surface area contributed by atoms with Gasteiger partial charge in [-0.1, -0.05) is 0 Å². The first-order valence-electron chi connectivity index (χ1n) is 4.68. The molecule has 0 saturated heterocycles. The lowest BCUT2D eigenvalue weighted by Crippen LogP contribution is -2.18. The van der Waals surface area contributed by atoms with E-state index in [1.54, 1.807) is 6.92 Å². The zero-order valence-electron chi connectivity index (χ0n) is 8.84. The molecule has 0 saturated carbocycles. The van der Waals surface area contributed by atoms with Gasteiger partial charge in [-0.05, 0) is 12.5 Å². The summed E-state index contributed by atoms with van der Waals surface area (Å²) in [6, 6.07) is 1.09. The number of aryl methyl sites for hydroxylation is 1. The topological polar surface area (TPSA) is 78.7 Å². The Labute approximate surface area is 94.6 Å². The number of halogens is 2. The summed E-state index contributed by atoms with van der Waals surface area (Å²) in [7, 11) is 0. The van der Waals surface area contributed by atoms with Crippen LogP contribution in [0.5, 0.6) is 0 Å². The predicted octanol–water partition coefficient (Wildman–Crippen LogP) is 1.05. The van der Waals surface area contributed by atoms with E-state index < -0.39 is 12.5 Å². The van der Waals surface area contributed by atoms with Gasteiger partial charge in [0.1, 0.15) is 11.5 Å². The van der Waals surface area contributed by atoms with Crippen LogP contribution in [0.1, 0.15) is 22.6 Å². The molecule has 2 heterocycles. The summed E-state index contributed by atoms with van der Waals surface area (Å²) in [5.41, 5.74) is 5.73. The molecule has 6 nitrogen and oxygen atoms in total. The normalized spacial score (nSPS) is 11.1. The van der Waals surface area contributed by atoms with Crippen LogP contribution in [0, 0.1) is 6.92 Å². The number of nitrogens with two attached hydrogens (primary N) is 1. The van der Waals surface area contributed by atoms with Gasteiger partial charge in [0.15, 0.2) is 0 Å². The number of nitrogens with zero attached hydrogens (tertiary/aromatic N) is 4. The van der Waals surface area contributed by atoms with Crippen LogP contribution < -0.4 is 5.73 Å². The Morgan fingerprint density at radius 3 is 2.76 bits per heavy atom. The van der Waals surface area contributed by atoms with Crippen LogP contribution in [-0.2, 0) is 0 Å². The number of hydrogen-bond donors (Lipinski definition) is 1. The number of rotatable bonds is 2. The van der Waals surface area contributed by atoms with Crippen molar-refractivity contribution < 1.29 is 13.6 Å². The molecule has 0 aliphatic rings. The van der Waals surface area contributed by atoms with Crippen LogP contribution >= 0.6 is 0 Å². The fourth-order valence-electron chi connectivity index (χ4n) is 1.36. The van der Waals surface area contributed by atoms with Crippen LogP contribution in [0.4, 0.5) is 14.6 Å². The molecular formula is C9H9F2N5O. The number of carbonyl (C=O) groups excluding carboxylic acids is 1. The van der Waals surface area contributed by atoms with E-state index in [0.717, 1.165) is 16.3 Å². The van der Waals surface area contributed by atoms with Gasteiger partial charge in [-0.2, -0.15) is 18.6 Å². The lowest BCUT2D eigenvalue weighted by molar-refractivity contribution is 0.0511. The van der Waals surface area contributed by atoms with Gasteiger partial charge in [0.05, 0.1) is 6.20 Å².